The Kier molecular flexibility index (Phi) is 5.42. The third-order valence-electron chi connectivity index (χ3n) is 4.91. The van der Waals surface area contributed by atoms with Crippen LogP contribution in [0.4, 0.5) is 13.2 Å². The summed E-state index contributed by atoms with van der Waals surface area (Å²) in [6.07, 6.45) is -4.95. The summed E-state index contributed by atoms with van der Waals surface area (Å²) in [5.41, 5.74) is 3.22. The molecule has 9 heteroatoms. The van der Waals surface area contributed by atoms with Crippen LogP contribution < -0.4 is 10.1 Å². The summed E-state index contributed by atoms with van der Waals surface area (Å²) in [6, 6.07) is 9.76. The van der Waals surface area contributed by atoms with Gasteiger partial charge in [0.15, 0.2) is 0 Å². The molecule has 1 amide bonds. The molecule has 1 fully saturated rings. The Balaban J connectivity index is 1.46. The van der Waals surface area contributed by atoms with Crippen LogP contribution >= 0.6 is 11.6 Å². The van der Waals surface area contributed by atoms with Crippen molar-refractivity contribution in [2.45, 2.75) is 25.6 Å². The second kappa shape index (κ2) is 7.85. The fraction of sp³-hybridized carbons (Fsp3) is 0.350. The maximum Gasteiger partial charge on any atom is 0.573 e. The summed E-state index contributed by atoms with van der Waals surface area (Å²) < 4.78 is 47.4. The summed E-state index contributed by atoms with van der Waals surface area (Å²) in [5.74, 6) is -0.406. The van der Waals surface area contributed by atoms with Gasteiger partial charge in [0.2, 0.25) is 0 Å². The Morgan fingerprint density at radius 2 is 2.07 bits per heavy atom. The summed E-state index contributed by atoms with van der Waals surface area (Å²) in [6.45, 7) is 2.62. The van der Waals surface area contributed by atoms with Gasteiger partial charge in [-0.15, -0.1) is 13.2 Å². The van der Waals surface area contributed by atoms with E-state index in [9.17, 15) is 18.0 Å². The fourth-order valence-electron chi connectivity index (χ4n) is 3.66. The van der Waals surface area contributed by atoms with Crippen LogP contribution in [0, 0.1) is 0 Å². The van der Waals surface area contributed by atoms with Gasteiger partial charge in [-0.3, -0.25) is 9.69 Å². The van der Waals surface area contributed by atoms with Gasteiger partial charge in [0, 0.05) is 36.8 Å². The monoisotopic (exact) mass is 426 g/mol. The lowest BCUT2D eigenvalue weighted by molar-refractivity contribution is -0.274. The van der Waals surface area contributed by atoms with Crippen molar-refractivity contribution in [1.82, 2.24) is 10.2 Å². The molecule has 1 atom stereocenters. The summed E-state index contributed by atoms with van der Waals surface area (Å²) in [4.78, 5) is 13.8. The van der Waals surface area contributed by atoms with Crippen LogP contribution in [0.15, 0.2) is 36.4 Å². The third kappa shape index (κ3) is 4.83. The van der Waals surface area contributed by atoms with E-state index in [0.29, 0.717) is 43.9 Å². The molecular formula is C20H18ClF3N2O3. The van der Waals surface area contributed by atoms with Crippen LogP contribution in [0.1, 0.15) is 33.2 Å². The van der Waals surface area contributed by atoms with E-state index in [1.54, 1.807) is 12.1 Å². The van der Waals surface area contributed by atoms with Gasteiger partial charge in [-0.2, -0.15) is 0 Å². The first-order chi connectivity index (χ1) is 13.8. The van der Waals surface area contributed by atoms with Gasteiger partial charge in [0.1, 0.15) is 5.75 Å². The average Bonchev–Trinajstić information content (AvgIpc) is 3.00. The van der Waals surface area contributed by atoms with Crippen LogP contribution in [0.5, 0.6) is 5.75 Å². The molecular weight excluding hydrogens is 409 g/mol. The first-order valence-electron chi connectivity index (χ1n) is 9.07. The smallest absolute Gasteiger partial charge is 0.406 e. The van der Waals surface area contributed by atoms with E-state index >= 15 is 0 Å². The van der Waals surface area contributed by atoms with Crippen LogP contribution in [-0.4, -0.2) is 36.9 Å². The van der Waals surface area contributed by atoms with Crippen molar-refractivity contribution in [3.05, 3.63) is 63.7 Å². The molecule has 1 N–H and O–H groups in total. The molecule has 0 aliphatic carbocycles. The number of ether oxygens (including phenoxy) is 2. The molecule has 29 heavy (non-hydrogen) atoms. The number of morpholine rings is 1. The molecule has 2 aliphatic rings. The van der Waals surface area contributed by atoms with E-state index < -0.39 is 6.36 Å². The van der Waals surface area contributed by atoms with Crippen molar-refractivity contribution >= 4 is 17.5 Å². The van der Waals surface area contributed by atoms with Crippen LogP contribution in [0.25, 0.3) is 0 Å². The Bertz CT molecular complexity index is 936. The molecule has 4 rings (SSSR count). The van der Waals surface area contributed by atoms with Gasteiger partial charge in [0.25, 0.3) is 5.91 Å². The highest BCUT2D eigenvalue weighted by Crippen LogP contribution is 2.30. The molecule has 2 heterocycles. The topological polar surface area (TPSA) is 50.8 Å². The number of hydrogen-bond donors (Lipinski definition) is 1. The number of carbonyl (C=O) groups is 1. The molecule has 0 radical (unpaired) electrons. The minimum absolute atomic E-state index is 0.0735. The average molecular weight is 427 g/mol. The van der Waals surface area contributed by atoms with E-state index in [4.69, 9.17) is 16.3 Å². The Morgan fingerprint density at radius 1 is 1.24 bits per heavy atom. The highest BCUT2D eigenvalue weighted by atomic mass is 35.5. The van der Waals surface area contributed by atoms with E-state index in [1.165, 1.54) is 6.07 Å². The summed E-state index contributed by atoms with van der Waals surface area (Å²) >= 11 is 5.96. The second-order valence-corrected chi connectivity index (χ2v) is 7.47. The van der Waals surface area contributed by atoms with Gasteiger partial charge in [-0.05, 0) is 41.0 Å². The molecule has 1 saturated heterocycles. The molecule has 2 aromatic carbocycles. The van der Waals surface area contributed by atoms with E-state index in [1.807, 2.05) is 12.1 Å². The normalized spacial score (nSPS) is 19.7. The van der Waals surface area contributed by atoms with E-state index in [-0.39, 0.29) is 22.8 Å². The predicted octanol–water partition coefficient (Wildman–Crippen LogP) is 4.06. The molecule has 2 aliphatic heterocycles. The second-order valence-electron chi connectivity index (χ2n) is 7.04. The summed E-state index contributed by atoms with van der Waals surface area (Å²) in [7, 11) is 0. The third-order valence-corrected chi connectivity index (χ3v) is 5.12. The zero-order chi connectivity index (χ0) is 20.6. The maximum absolute atomic E-state index is 12.5. The van der Waals surface area contributed by atoms with Crippen LogP contribution in [0.2, 0.25) is 5.02 Å². The first-order valence-corrected chi connectivity index (χ1v) is 9.45. The van der Waals surface area contributed by atoms with Crippen molar-refractivity contribution in [3.63, 3.8) is 0 Å². The van der Waals surface area contributed by atoms with Gasteiger partial charge >= 0.3 is 6.36 Å². The van der Waals surface area contributed by atoms with Gasteiger partial charge < -0.3 is 14.8 Å². The van der Waals surface area contributed by atoms with Gasteiger partial charge in [0.05, 0.1) is 12.7 Å². The van der Waals surface area contributed by atoms with Crippen molar-refractivity contribution in [1.29, 1.82) is 0 Å². The number of nitrogens with zero attached hydrogens (tertiary/aromatic N) is 1. The summed E-state index contributed by atoms with van der Waals surface area (Å²) in [5, 5.41) is 2.97. The Hall–Kier alpha value is -2.29. The molecule has 0 spiro atoms. The minimum atomic E-state index is -4.77. The van der Waals surface area contributed by atoms with Crippen molar-refractivity contribution in [2.24, 2.45) is 0 Å². The largest absolute Gasteiger partial charge is 0.573 e. The number of halogens is 4. The van der Waals surface area contributed by atoms with Crippen LogP contribution in [-0.2, 0) is 17.8 Å². The number of nitrogens with one attached hydrogen (secondary N) is 1. The molecule has 5 nitrogen and oxygen atoms in total. The molecule has 154 valence electrons. The molecule has 0 bridgehead atoms. The quantitative estimate of drug-likeness (QED) is 0.801. The number of benzene rings is 2. The minimum Gasteiger partial charge on any atom is -0.406 e. The number of fused-ring (bicyclic) bond motifs is 1. The molecule has 0 aromatic heterocycles. The number of alkyl halides is 3. The SMILES string of the molecule is O=C1NCc2cc(C3CN(Cc4cc(Cl)cc(OC(F)(F)F)c4)CCO3)ccc21. The highest BCUT2D eigenvalue weighted by Gasteiger charge is 2.31. The van der Waals surface area contributed by atoms with Crippen molar-refractivity contribution in [3.8, 4) is 5.75 Å². The number of amides is 1. The van der Waals surface area contributed by atoms with Gasteiger partial charge in [-0.1, -0.05) is 23.7 Å². The highest BCUT2D eigenvalue weighted by molar-refractivity contribution is 6.30. The molecule has 0 saturated carbocycles. The Morgan fingerprint density at radius 3 is 2.86 bits per heavy atom. The zero-order valence-corrected chi connectivity index (χ0v) is 16.0. The lowest BCUT2D eigenvalue weighted by atomic mass is 10.0. The Labute approximate surface area is 170 Å². The van der Waals surface area contributed by atoms with E-state index in [2.05, 4.69) is 15.0 Å². The standard InChI is InChI=1S/C20H18ClF3N2O3/c21-15-5-12(6-16(8-15)29-20(22,23)24)10-26-3-4-28-18(11-26)13-1-2-17-14(7-13)9-25-19(17)27/h1-2,5-8,18H,3-4,9-11H2,(H,25,27). The van der Waals surface area contributed by atoms with E-state index in [0.717, 1.165) is 17.2 Å². The fourth-order valence-corrected chi connectivity index (χ4v) is 3.91. The first kappa shape index (κ1) is 20.0. The molecule has 1 unspecified atom stereocenters. The van der Waals surface area contributed by atoms with Crippen molar-refractivity contribution in [2.75, 3.05) is 19.7 Å². The predicted molar refractivity (Wildman–Crippen MR) is 99.7 cm³/mol. The lowest BCUT2D eigenvalue weighted by Gasteiger charge is -2.33. The van der Waals surface area contributed by atoms with Crippen LogP contribution in [0.3, 0.4) is 0 Å². The number of carbonyl (C=O) groups excluding carboxylic acids is 1. The zero-order valence-electron chi connectivity index (χ0n) is 15.3. The van der Waals surface area contributed by atoms with Crippen molar-refractivity contribution < 1.29 is 27.4 Å². The number of rotatable bonds is 4. The number of hydrogen-bond acceptors (Lipinski definition) is 4. The lowest BCUT2D eigenvalue weighted by Crippen LogP contribution is -2.37. The maximum atomic E-state index is 12.5. The van der Waals surface area contributed by atoms with Gasteiger partial charge in [-0.25, -0.2) is 0 Å². The molecule has 2 aromatic rings.